The quantitative estimate of drug-likeness (QED) is 0.826. The first kappa shape index (κ1) is 17.7. The number of carbonyl (C=O) groups is 2. The molecule has 2 N–H and O–H groups in total. The van der Waals surface area contributed by atoms with E-state index in [1.807, 2.05) is 30.3 Å². The third kappa shape index (κ3) is 4.69. The molecule has 24 heavy (non-hydrogen) atoms. The predicted molar refractivity (Wildman–Crippen MR) is 98.0 cm³/mol. The smallest absolute Gasteiger partial charge is 0.232 e. The molecular formula is C20H24N2O2. The number of benzene rings is 2. The van der Waals surface area contributed by atoms with E-state index in [4.69, 9.17) is 0 Å². The van der Waals surface area contributed by atoms with Crippen molar-refractivity contribution in [1.82, 2.24) is 0 Å². The van der Waals surface area contributed by atoms with Crippen molar-refractivity contribution in [1.29, 1.82) is 0 Å². The molecule has 0 aromatic heterocycles. The Bertz CT molecular complexity index is 681. The summed E-state index contributed by atoms with van der Waals surface area (Å²) in [6.45, 7) is 5.65. The first-order valence-electron chi connectivity index (χ1n) is 8.24. The van der Waals surface area contributed by atoms with Crippen LogP contribution in [0.4, 0.5) is 11.4 Å². The summed E-state index contributed by atoms with van der Waals surface area (Å²) in [6, 6.07) is 17.0. The van der Waals surface area contributed by atoms with Gasteiger partial charge in [-0.05, 0) is 35.7 Å². The molecule has 0 spiro atoms. The zero-order valence-electron chi connectivity index (χ0n) is 14.4. The van der Waals surface area contributed by atoms with Crippen molar-refractivity contribution in [2.24, 2.45) is 5.92 Å². The number of hydrogen-bond acceptors (Lipinski definition) is 2. The van der Waals surface area contributed by atoms with Gasteiger partial charge in [-0.1, -0.05) is 50.6 Å². The Morgan fingerprint density at radius 2 is 1.46 bits per heavy atom. The number of amides is 2. The minimum absolute atomic E-state index is 0.0113. The second kappa shape index (κ2) is 8.29. The van der Waals surface area contributed by atoms with Gasteiger partial charge in [-0.3, -0.25) is 9.59 Å². The molecule has 0 saturated heterocycles. The van der Waals surface area contributed by atoms with Gasteiger partial charge in [0.2, 0.25) is 11.8 Å². The standard InChI is InChI=1S/C20H24N2O2/c1-4-14(2)19(16-8-6-5-7-9-16)20(24)22-18-12-10-17(11-13-18)21-15(3)23/h5-14,19H,4H2,1-3H3,(H,21,23)(H,22,24)/t14-,19-/m0/s1. The van der Waals surface area contributed by atoms with Crippen molar-refractivity contribution < 1.29 is 9.59 Å². The van der Waals surface area contributed by atoms with E-state index in [2.05, 4.69) is 24.5 Å². The maximum Gasteiger partial charge on any atom is 0.232 e. The highest BCUT2D eigenvalue weighted by atomic mass is 16.2. The molecule has 2 amide bonds. The number of rotatable bonds is 6. The van der Waals surface area contributed by atoms with E-state index in [0.29, 0.717) is 5.69 Å². The molecule has 2 aromatic carbocycles. The lowest BCUT2D eigenvalue weighted by Gasteiger charge is -2.23. The maximum absolute atomic E-state index is 12.8. The summed E-state index contributed by atoms with van der Waals surface area (Å²) in [5.74, 6) is -0.0761. The van der Waals surface area contributed by atoms with Crippen molar-refractivity contribution in [2.45, 2.75) is 33.1 Å². The van der Waals surface area contributed by atoms with Crippen LogP contribution in [0.1, 0.15) is 38.7 Å². The first-order chi connectivity index (χ1) is 11.5. The summed E-state index contributed by atoms with van der Waals surface area (Å²) in [5, 5.41) is 5.69. The normalized spacial score (nSPS) is 13.0. The van der Waals surface area contributed by atoms with Crippen LogP contribution in [0, 0.1) is 5.92 Å². The molecule has 0 saturated carbocycles. The molecule has 0 radical (unpaired) electrons. The number of nitrogens with one attached hydrogen (secondary N) is 2. The second-order valence-corrected chi connectivity index (χ2v) is 6.02. The largest absolute Gasteiger partial charge is 0.326 e. The summed E-state index contributed by atoms with van der Waals surface area (Å²) >= 11 is 0. The van der Waals surface area contributed by atoms with Crippen LogP contribution in [-0.2, 0) is 9.59 Å². The summed E-state index contributed by atoms with van der Waals surface area (Å²) in [4.78, 5) is 23.8. The van der Waals surface area contributed by atoms with Crippen LogP contribution < -0.4 is 10.6 Å². The molecule has 0 bridgehead atoms. The lowest BCUT2D eigenvalue weighted by atomic mass is 9.85. The Hall–Kier alpha value is -2.62. The van der Waals surface area contributed by atoms with E-state index in [1.54, 1.807) is 24.3 Å². The third-order valence-electron chi connectivity index (χ3n) is 4.13. The Labute approximate surface area is 143 Å². The van der Waals surface area contributed by atoms with Crippen LogP contribution in [0.15, 0.2) is 54.6 Å². The Kier molecular flexibility index (Phi) is 6.13. The van der Waals surface area contributed by atoms with Gasteiger partial charge >= 0.3 is 0 Å². The summed E-state index contributed by atoms with van der Waals surface area (Å²) in [6.07, 6.45) is 0.925. The average Bonchev–Trinajstić information content (AvgIpc) is 2.57. The van der Waals surface area contributed by atoms with Crippen molar-refractivity contribution in [3.05, 3.63) is 60.2 Å². The van der Waals surface area contributed by atoms with Gasteiger partial charge in [0.15, 0.2) is 0 Å². The van der Waals surface area contributed by atoms with Crippen LogP contribution in [-0.4, -0.2) is 11.8 Å². The van der Waals surface area contributed by atoms with Crippen LogP contribution in [0.2, 0.25) is 0 Å². The van der Waals surface area contributed by atoms with Crippen LogP contribution in [0.5, 0.6) is 0 Å². The molecule has 0 heterocycles. The van der Waals surface area contributed by atoms with Crippen molar-refractivity contribution in [3.63, 3.8) is 0 Å². The topological polar surface area (TPSA) is 58.2 Å². The van der Waals surface area contributed by atoms with Gasteiger partial charge < -0.3 is 10.6 Å². The fourth-order valence-corrected chi connectivity index (χ4v) is 2.69. The zero-order valence-corrected chi connectivity index (χ0v) is 14.4. The monoisotopic (exact) mass is 324 g/mol. The maximum atomic E-state index is 12.8. The number of hydrogen-bond donors (Lipinski definition) is 2. The lowest BCUT2D eigenvalue weighted by molar-refractivity contribution is -0.118. The Morgan fingerprint density at radius 3 is 1.96 bits per heavy atom. The van der Waals surface area contributed by atoms with Gasteiger partial charge in [-0.25, -0.2) is 0 Å². The van der Waals surface area contributed by atoms with Crippen molar-refractivity contribution >= 4 is 23.2 Å². The summed E-state index contributed by atoms with van der Waals surface area (Å²) in [5.41, 5.74) is 2.46. The summed E-state index contributed by atoms with van der Waals surface area (Å²) in [7, 11) is 0. The molecule has 0 aliphatic rings. The van der Waals surface area contributed by atoms with E-state index in [9.17, 15) is 9.59 Å². The zero-order chi connectivity index (χ0) is 17.5. The third-order valence-corrected chi connectivity index (χ3v) is 4.13. The number of anilines is 2. The molecule has 0 aliphatic carbocycles. The molecule has 0 fully saturated rings. The molecule has 0 aliphatic heterocycles. The predicted octanol–water partition coefficient (Wildman–Crippen LogP) is 4.41. The van der Waals surface area contributed by atoms with Crippen LogP contribution >= 0.6 is 0 Å². The molecule has 126 valence electrons. The first-order valence-corrected chi connectivity index (χ1v) is 8.24. The highest BCUT2D eigenvalue weighted by Crippen LogP contribution is 2.28. The van der Waals surface area contributed by atoms with Gasteiger partial charge in [-0.15, -0.1) is 0 Å². The minimum Gasteiger partial charge on any atom is -0.326 e. The van der Waals surface area contributed by atoms with E-state index in [-0.39, 0.29) is 23.7 Å². The molecular weight excluding hydrogens is 300 g/mol. The van der Waals surface area contributed by atoms with Crippen molar-refractivity contribution in [2.75, 3.05) is 10.6 Å². The Balaban J connectivity index is 2.14. The molecule has 2 atom stereocenters. The highest BCUT2D eigenvalue weighted by molar-refractivity contribution is 5.96. The average molecular weight is 324 g/mol. The molecule has 4 nitrogen and oxygen atoms in total. The highest BCUT2D eigenvalue weighted by Gasteiger charge is 2.25. The lowest BCUT2D eigenvalue weighted by Crippen LogP contribution is -2.26. The van der Waals surface area contributed by atoms with E-state index in [1.165, 1.54) is 6.92 Å². The van der Waals surface area contributed by atoms with Gasteiger partial charge in [0.05, 0.1) is 5.92 Å². The van der Waals surface area contributed by atoms with Crippen LogP contribution in [0.3, 0.4) is 0 Å². The second-order valence-electron chi connectivity index (χ2n) is 6.02. The van der Waals surface area contributed by atoms with Gasteiger partial charge in [0.25, 0.3) is 0 Å². The van der Waals surface area contributed by atoms with Crippen LogP contribution in [0.25, 0.3) is 0 Å². The van der Waals surface area contributed by atoms with Gasteiger partial charge in [0.1, 0.15) is 0 Å². The SMILES string of the molecule is CC[C@H](C)[C@H](C(=O)Nc1ccc(NC(C)=O)cc1)c1ccccc1. The number of carbonyl (C=O) groups excluding carboxylic acids is 2. The van der Waals surface area contributed by atoms with Gasteiger partial charge in [0, 0.05) is 18.3 Å². The molecule has 2 aromatic rings. The van der Waals surface area contributed by atoms with E-state index >= 15 is 0 Å². The van der Waals surface area contributed by atoms with E-state index in [0.717, 1.165) is 17.7 Å². The fourth-order valence-electron chi connectivity index (χ4n) is 2.69. The van der Waals surface area contributed by atoms with Crippen molar-refractivity contribution in [3.8, 4) is 0 Å². The fraction of sp³-hybridized carbons (Fsp3) is 0.300. The van der Waals surface area contributed by atoms with Gasteiger partial charge in [-0.2, -0.15) is 0 Å². The molecule has 2 rings (SSSR count). The molecule has 4 heteroatoms. The van der Waals surface area contributed by atoms with E-state index < -0.39 is 0 Å². The Morgan fingerprint density at radius 1 is 0.917 bits per heavy atom. The molecule has 0 unspecified atom stereocenters. The summed E-state index contributed by atoms with van der Waals surface area (Å²) < 4.78 is 0. The minimum atomic E-state index is -0.189.